The van der Waals surface area contributed by atoms with Gasteiger partial charge in [0.25, 0.3) is 5.91 Å². The topological polar surface area (TPSA) is 87.7 Å². The van der Waals surface area contributed by atoms with Crippen molar-refractivity contribution < 1.29 is 24.2 Å². The molecule has 1 amide bonds. The lowest BCUT2D eigenvalue weighted by Crippen LogP contribution is -2.25. The molecule has 2 aromatic rings. The predicted molar refractivity (Wildman–Crippen MR) is 78.3 cm³/mol. The van der Waals surface area contributed by atoms with Gasteiger partial charge in [-0.2, -0.15) is 0 Å². The second-order valence-electron chi connectivity index (χ2n) is 4.32. The average molecular weight is 300 g/mol. The van der Waals surface area contributed by atoms with Crippen molar-refractivity contribution in [1.82, 2.24) is 0 Å². The quantitative estimate of drug-likeness (QED) is 0.899. The molecule has 0 aromatic heterocycles. The van der Waals surface area contributed by atoms with Gasteiger partial charge in [0.1, 0.15) is 17.1 Å². The number of carbonyl (C=O) groups excluding carboxylic acids is 2. The number of para-hydroxylation sites is 1. The number of ether oxygens (including phenoxy) is 2. The zero-order chi connectivity index (χ0) is 16.1. The summed E-state index contributed by atoms with van der Waals surface area (Å²) in [7, 11) is 2.86. The van der Waals surface area contributed by atoms with E-state index < -0.39 is 11.9 Å². The highest BCUT2D eigenvalue weighted by Crippen LogP contribution is 2.29. The van der Waals surface area contributed by atoms with E-state index in [0.717, 1.165) is 0 Å². The normalized spacial score (nSPS) is 9.91. The summed E-state index contributed by atoms with van der Waals surface area (Å²) in [5, 5.41) is 13.6. The molecule has 0 bridgehead atoms. The van der Waals surface area contributed by atoms with Gasteiger partial charge in [-0.1, -0.05) is 24.3 Å². The van der Waals surface area contributed by atoms with E-state index in [1.54, 1.807) is 30.3 Å². The van der Waals surface area contributed by atoms with Crippen LogP contribution in [0.4, 0.5) is 5.69 Å². The SMILES string of the molecule is COc1cccc(OC)c1C(=O)Nc1ccccc1C(=O)[O-]. The molecule has 0 unspecified atom stereocenters. The molecule has 6 nitrogen and oxygen atoms in total. The molecule has 0 atom stereocenters. The number of nitrogens with one attached hydrogen (secondary N) is 1. The minimum absolute atomic E-state index is 0.107. The summed E-state index contributed by atoms with van der Waals surface area (Å²) in [6, 6.07) is 10.9. The molecule has 0 aliphatic carbocycles. The third kappa shape index (κ3) is 3.01. The lowest BCUT2D eigenvalue weighted by atomic mass is 10.1. The van der Waals surface area contributed by atoms with Gasteiger partial charge in [-0.05, 0) is 18.2 Å². The van der Waals surface area contributed by atoms with Gasteiger partial charge < -0.3 is 24.7 Å². The molecule has 2 aromatic carbocycles. The maximum atomic E-state index is 12.5. The maximum absolute atomic E-state index is 12.5. The predicted octanol–water partition coefficient (Wildman–Crippen LogP) is 1.32. The van der Waals surface area contributed by atoms with E-state index in [1.807, 2.05) is 0 Å². The first-order valence-electron chi connectivity index (χ1n) is 6.41. The van der Waals surface area contributed by atoms with Gasteiger partial charge in [-0.25, -0.2) is 0 Å². The fraction of sp³-hybridized carbons (Fsp3) is 0.125. The third-order valence-electron chi connectivity index (χ3n) is 3.05. The van der Waals surface area contributed by atoms with Crippen LogP contribution in [-0.2, 0) is 0 Å². The van der Waals surface area contributed by atoms with Crippen molar-refractivity contribution in [1.29, 1.82) is 0 Å². The molecule has 0 saturated carbocycles. The Morgan fingerprint density at radius 2 is 1.55 bits per heavy atom. The molecule has 0 heterocycles. The smallest absolute Gasteiger partial charge is 0.263 e. The fourth-order valence-electron chi connectivity index (χ4n) is 2.03. The second-order valence-corrected chi connectivity index (χ2v) is 4.32. The number of rotatable bonds is 5. The zero-order valence-corrected chi connectivity index (χ0v) is 12.1. The highest BCUT2D eigenvalue weighted by molar-refractivity contribution is 6.10. The average Bonchev–Trinajstić information content (AvgIpc) is 2.54. The molecule has 0 saturated heterocycles. The molecule has 2 rings (SSSR count). The van der Waals surface area contributed by atoms with Gasteiger partial charge >= 0.3 is 0 Å². The summed E-state index contributed by atoms with van der Waals surface area (Å²) < 4.78 is 10.3. The van der Waals surface area contributed by atoms with Crippen molar-refractivity contribution in [2.75, 3.05) is 19.5 Å². The molecule has 114 valence electrons. The first kappa shape index (κ1) is 15.4. The summed E-state index contributed by atoms with van der Waals surface area (Å²) in [4.78, 5) is 23.5. The Bertz CT molecular complexity index is 689. The first-order chi connectivity index (χ1) is 10.6. The second kappa shape index (κ2) is 6.62. The van der Waals surface area contributed by atoms with Crippen LogP contribution in [0.25, 0.3) is 0 Å². The number of anilines is 1. The Balaban J connectivity index is 2.41. The van der Waals surface area contributed by atoms with E-state index in [4.69, 9.17) is 9.47 Å². The summed E-state index contributed by atoms with van der Waals surface area (Å²) in [6.07, 6.45) is 0. The molecule has 6 heteroatoms. The molecule has 0 fully saturated rings. The van der Waals surface area contributed by atoms with Crippen LogP contribution in [0.2, 0.25) is 0 Å². The van der Waals surface area contributed by atoms with Crippen molar-refractivity contribution in [3.05, 3.63) is 53.6 Å². The number of carbonyl (C=O) groups is 2. The molecular weight excluding hydrogens is 286 g/mol. The van der Waals surface area contributed by atoms with Crippen molar-refractivity contribution in [2.24, 2.45) is 0 Å². The highest BCUT2D eigenvalue weighted by Gasteiger charge is 2.19. The number of aromatic carboxylic acids is 1. The Hall–Kier alpha value is -3.02. The van der Waals surface area contributed by atoms with Crippen molar-refractivity contribution in [3.8, 4) is 11.5 Å². The lowest BCUT2D eigenvalue weighted by molar-refractivity contribution is -0.254. The van der Waals surface area contributed by atoms with Gasteiger partial charge in [-0.3, -0.25) is 4.79 Å². The monoisotopic (exact) mass is 300 g/mol. The molecule has 0 spiro atoms. The highest BCUT2D eigenvalue weighted by atomic mass is 16.5. The minimum atomic E-state index is -1.37. The van der Waals surface area contributed by atoms with E-state index in [-0.39, 0.29) is 16.8 Å². The van der Waals surface area contributed by atoms with E-state index in [9.17, 15) is 14.7 Å². The van der Waals surface area contributed by atoms with Gasteiger partial charge in [0.15, 0.2) is 0 Å². The van der Waals surface area contributed by atoms with Gasteiger partial charge in [0, 0.05) is 5.56 Å². The summed E-state index contributed by atoms with van der Waals surface area (Å²) in [5.41, 5.74) is 0.214. The van der Waals surface area contributed by atoms with Gasteiger partial charge in [-0.15, -0.1) is 0 Å². The van der Waals surface area contributed by atoms with Crippen LogP contribution in [0.5, 0.6) is 11.5 Å². The van der Waals surface area contributed by atoms with Crippen LogP contribution in [0.3, 0.4) is 0 Å². The number of methoxy groups -OCH3 is 2. The van der Waals surface area contributed by atoms with E-state index in [2.05, 4.69) is 5.32 Å². The lowest BCUT2D eigenvalue weighted by Gasteiger charge is -2.15. The molecular formula is C16H14NO5-. The Morgan fingerprint density at radius 3 is 2.09 bits per heavy atom. The van der Waals surface area contributed by atoms with Crippen molar-refractivity contribution >= 4 is 17.6 Å². The van der Waals surface area contributed by atoms with E-state index in [0.29, 0.717) is 11.5 Å². The summed E-state index contributed by atoms with van der Waals surface area (Å²) in [5.74, 6) is -1.27. The largest absolute Gasteiger partial charge is 0.545 e. The zero-order valence-electron chi connectivity index (χ0n) is 12.1. The molecule has 0 aliphatic rings. The maximum Gasteiger partial charge on any atom is 0.263 e. The Morgan fingerprint density at radius 1 is 0.955 bits per heavy atom. The number of hydrogen-bond donors (Lipinski definition) is 1. The third-order valence-corrected chi connectivity index (χ3v) is 3.05. The van der Waals surface area contributed by atoms with Crippen LogP contribution in [0.1, 0.15) is 20.7 Å². The minimum Gasteiger partial charge on any atom is -0.545 e. The number of amides is 1. The van der Waals surface area contributed by atoms with Crippen LogP contribution in [-0.4, -0.2) is 26.1 Å². The number of carboxylic acid groups (broad SMARTS) is 1. The number of carboxylic acids is 1. The Kier molecular flexibility index (Phi) is 4.63. The van der Waals surface area contributed by atoms with Crippen LogP contribution in [0, 0.1) is 0 Å². The molecule has 1 N–H and O–H groups in total. The Labute approximate surface area is 127 Å². The van der Waals surface area contributed by atoms with E-state index in [1.165, 1.54) is 26.4 Å². The van der Waals surface area contributed by atoms with Crippen LogP contribution >= 0.6 is 0 Å². The van der Waals surface area contributed by atoms with Gasteiger partial charge in [0.05, 0.1) is 25.9 Å². The fourth-order valence-corrected chi connectivity index (χ4v) is 2.03. The van der Waals surface area contributed by atoms with Gasteiger partial charge in [0.2, 0.25) is 0 Å². The van der Waals surface area contributed by atoms with Crippen molar-refractivity contribution in [2.45, 2.75) is 0 Å². The number of benzene rings is 2. The van der Waals surface area contributed by atoms with Crippen LogP contribution < -0.4 is 19.9 Å². The number of hydrogen-bond acceptors (Lipinski definition) is 5. The first-order valence-corrected chi connectivity index (χ1v) is 6.41. The molecule has 22 heavy (non-hydrogen) atoms. The van der Waals surface area contributed by atoms with E-state index >= 15 is 0 Å². The molecule has 0 aliphatic heterocycles. The standard InChI is InChI=1S/C16H15NO5/c1-21-12-8-5-9-13(22-2)14(12)15(18)17-11-7-4-3-6-10(11)16(19)20/h3-9H,1-2H3,(H,17,18)(H,19,20)/p-1. The molecule has 0 radical (unpaired) electrons. The van der Waals surface area contributed by atoms with Crippen LogP contribution in [0.15, 0.2) is 42.5 Å². The summed E-state index contributed by atoms with van der Waals surface area (Å²) >= 11 is 0. The summed E-state index contributed by atoms with van der Waals surface area (Å²) in [6.45, 7) is 0. The van der Waals surface area contributed by atoms with Crippen molar-refractivity contribution in [3.63, 3.8) is 0 Å².